The van der Waals surface area contributed by atoms with Gasteiger partial charge in [-0.1, -0.05) is 19.9 Å². The van der Waals surface area contributed by atoms with Crippen molar-refractivity contribution in [3.8, 4) is 0 Å². The Hall–Kier alpha value is -1.71. The number of benzene rings is 1. The van der Waals surface area contributed by atoms with Crippen LogP contribution in [0, 0.1) is 10.1 Å². The van der Waals surface area contributed by atoms with Crippen LogP contribution in [0.2, 0.25) is 0 Å². The third kappa shape index (κ3) is 5.07. The van der Waals surface area contributed by atoms with Crippen LogP contribution < -0.4 is 0 Å². The van der Waals surface area contributed by atoms with E-state index in [-0.39, 0.29) is 18.2 Å². The molecule has 1 spiro atoms. The number of hydrogen-bond donors (Lipinski definition) is 0. The number of likely N-dealkylation sites (tertiary alicyclic amines) is 1. The summed E-state index contributed by atoms with van der Waals surface area (Å²) in [5, 5.41) is 11.3. The highest BCUT2D eigenvalue weighted by Gasteiger charge is 2.47. The van der Waals surface area contributed by atoms with Gasteiger partial charge in [0.05, 0.1) is 22.2 Å². The minimum absolute atomic E-state index is 0.0968. The van der Waals surface area contributed by atoms with Gasteiger partial charge in [-0.05, 0) is 32.0 Å². The minimum Gasteiger partial charge on any atom is -0.370 e. The lowest BCUT2D eigenvalue weighted by molar-refractivity contribution is -0.386. The molecule has 0 N–H and O–H groups in total. The highest BCUT2D eigenvalue weighted by molar-refractivity contribution is 5.44. The van der Waals surface area contributed by atoms with E-state index >= 15 is 0 Å². The van der Waals surface area contributed by atoms with E-state index < -0.39 is 22.4 Å². The maximum absolute atomic E-state index is 12.9. The van der Waals surface area contributed by atoms with Gasteiger partial charge in [0.1, 0.15) is 0 Å². The van der Waals surface area contributed by atoms with E-state index in [1.54, 1.807) is 0 Å². The lowest BCUT2D eigenvalue weighted by Crippen LogP contribution is -2.59. The number of nitro groups is 1. The molecule has 1 aromatic carbocycles. The minimum atomic E-state index is -4.59. The topological polar surface area (TPSA) is 58.9 Å². The fraction of sp³-hybridized carbons (Fsp3) is 0.700. The second kappa shape index (κ2) is 8.57. The Morgan fingerprint density at radius 2 is 1.90 bits per heavy atom. The van der Waals surface area contributed by atoms with Crippen LogP contribution in [0.15, 0.2) is 18.2 Å². The van der Waals surface area contributed by atoms with Gasteiger partial charge >= 0.3 is 6.18 Å². The Kier molecular flexibility index (Phi) is 6.50. The predicted octanol–water partition coefficient (Wildman–Crippen LogP) is 4.08. The van der Waals surface area contributed by atoms with E-state index in [9.17, 15) is 23.3 Å². The molecule has 0 aliphatic carbocycles. The molecule has 2 aliphatic rings. The van der Waals surface area contributed by atoms with Gasteiger partial charge in [0.15, 0.2) is 0 Å². The van der Waals surface area contributed by atoms with Crippen LogP contribution >= 0.6 is 0 Å². The van der Waals surface area contributed by atoms with Gasteiger partial charge in [-0.25, -0.2) is 0 Å². The maximum atomic E-state index is 12.9. The molecular weight excluding hydrogens is 387 g/mol. The van der Waals surface area contributed by atoms with E-state index in [0.29, 0.717) is 11.6 Å². The molecule has 0 saturated carbocycles. The summed E-state index contributed by atoms with van der Waals surface area (Å²) in [5.74, 6) is 0. The van der Waals surface area contributed by atoms with Crippen LogP contribution in [0.1, 0.15) is 44.2 Å². The van der Waals surface area contributed by atoms with Crippen molar-refractivity contribution in [3.05, 3.63) is 39.4 Å². The fourth-order valence-electron chi connectivity index (χ4n) is 4.36. The van der Waals surface area contributed by atoms with Gasteiger partial charge in [0.25, 0.3) is 5.69 Å². The van der Waals surface area contributed by atoms with Crippen molar-refractivity contribution in [2.45, 2.75) is 57.5 Å². The Morgan fingerprint density at radius 1 is 1.28 bits per heavy atom. The highest BCUT2D eigenvalue weighted by Crippen LogP contribution is 2.42. The quantitative estimate of drug-likeness (QED) is 0.496. The number of rotatable bonds is 7. The van der Waals surface area contributed by atoms with Crippen molar-refractivity contribution >= 4 is 5.69 Å². The zero-order chi connectivity index (χ0) is 21.2. The molecule has 1 aromatic rings. The molecule has 1 atom stereocenters. The summed E-state index contributed by atoms with van der Waals surface area (Å²) in [5.41, 5.74) is -1.25. The number of nitro benzene ring substituents is 1. The van der Waals surface area contributed by atoms with Crippen LogP contribution in [0.25, 0.3) is 0 Å². The molecule has 2 heterocycles. The number of halogens is 3. The third-order valence-corrected chi connectivity index (χ3v) is 6.14. The molecule has 29 heavy (non-hydrogen) atoms. The van der Waals surface area contributed by atoms with Crippen LogP contribution in [0.3, 0.4) is 0 Å². The highest BCUT2D eigenvalue weighted by atomic mass is 19.4. The van der Waals surface area contributed by atoms with E-state index in [4.69, 9.17) is 4.74 Å². The Balaban J connectivity index is 1.56. The third-order valence-electron chi connectivity index (χ3n) is 6.14. The van der Waals surface area contributed by atoms with E-state index in [0.717, 1.165) is 58.1 Å². The zero-order valence-corrected chi connectivity index (χ0v) is 16.9. The molecule has 9 heteroatoms. The summed E-state index contributed by atoms with van der Waals surface area (Å²) in [6.07, 6.45) is -1.62. The fourth-order valence-corrected chi connectivity index (χ4v) is 4.36. The van der Waals surface area contributed by atoms with Gasteiger partial charge in [-0.15, -0.1) is 0 Å². The lowest BCUT2D eigenvalue weighted by atomic mass is 9.80. The molecule has 162 valence electrons. The van der Waals surface area contributed by atoms with Crippen LogP contribution in [-0.2, 0) is 17.5 Å². The number of nitrogens with zero attached hydrogens (tertiary/aromatic N) is 3. The first-order valence-electron chi connectivity index (χ1n) is 10.1. The molecule has 2 saturated heterocycles. The molecule has 0 aromatic heterocycles. The SMILES string of the molecule is CCN(CC)C[C@H]1CC2(CCN(Cc3ccc(C(F)(F)F)cc3[N+](=O)[O-])CC2)O1. The van der Waals surface area contributed by atoms with E-state index in [1.165, 1.54) is 6.07 Å². The molecule has 3 rings (SSSR count). The molecule has 2 fully saturated rings. The lowest BCUT2D eigenvalue weighted by Gasteiger charge is -2.53. The predicted molar refractivity (Wildman–Crippen MR) is 103 cm³/mol. The van der Waals surface area contributed by atoms with Gasteiger partial charge in [0.2, 0.25) is 0 Å². The van der Waals surface area contributed by atoms with Crippen molar-refractivity contribution in [2.24, 2.45) is 0 Å². The van der Waals surface area contributed by atoms with E-state index in [2.05, 4.69) is 23.6 Å². The second-order valence-corrected chi connectivity index (χ2v) is 7.99. The first-order valence-corrected chi connectivity index (χ1v) is 10.1. The summed E-state index contributed by atoms with van der Waals surface area (Å²) in [7, 11) is 0. The summed E-state index contributed by atoms with van der Waals surface area (Å²) >= 11 is 0. The van der Waals surface area contributed by atoms with Crippen molar-refractivity contribution in [1.82, 2.24) is 9.80 Å². The number of piperidine rings is 1. The van der Waals surface area contributed by atoms with Gasteiger partial charge < -0.3 is 9.64 Å². The average Bonchev–Trinajstić information content (AvgIpc) is 2.65. The summed E-state index contributed by atoms with van der Waals surface area (Å²) in [4.78, 5) is 14.9. The summed E-state index contributed by atoms with van der Waals surface area (Å²) < 4.78 is 44.8. The van der Waals surface area contributed by atoms with Crippen LogP contribution in [0.4, 0.5) is 18.9 Å². The average molecular weight is 415 g/mol. The second-order valence-electron chi connectivity index (χ2n) is 7.99. The maximum Gasteiger partial charge on any atom is 0.416 e. The Labute approximate surface area is 168 Å². The van der Waals surface area contributed by atoms with Crippen molar-refractivity contribution < 1.29 is 22.8 Å². The van der Waals surface area contributed by atoms with Crippen molar-refractivity contribution in [1.29, 1.82) is 0 Å². The van der Waals surface area contributed by atoms with Crippen LogP contribution in [0.5, 0.6) is 0 Å². The number of ether oxygens (including phenoxy) is 1. The van der Waals surface area contributed by atoms with Gasteiger partial charge in [-0.2, -0.15) is 13.2 Å². The summed E-state index contributed by atoms with van der Waals surface area (Å²) in [6.45, 7) is 8.93. The monoisotopic (exact) mass is 415 g/mol. The number of hydrogen-bond acceptors (Lipinski definition) is 5. The van der Waals surface area contributed by atoms with Gasteiger partial charge in [-0.3, -0.25) is 15.0 Å². The molecule has 2 aliphatic heterocycles. The molecule has 0 bridgehead atoms. The standard InChI is InChI=1S/C20H28F3N3O3/c1-3-24(4-2)14-17-12-19(29-17)7-9-25(10-8-19)13-15-5-6-16(20(21,22)23)11-18(15)26(27)28/h5-6,11,17H,3-4,7-10,12-14H2,1-2H3/t17-/m1/s1. The first-order chi connectivity index (χ1) is 13.7. The Morgan fingerprint density at radius 3 is 2.41 bits per heavy atom. The van der Waals surface area contributed by atoms with Crippen molar-refractivity contribution in [2.75, 3.05) is 32.7 Å². The first kappa shape index (κ1) is 22.0. The molecule has 6 nitrogen and oxygen atoms in total. The van der Waals surface area contributed by atoms with E-state index in [1.807, 2.05) is 0 Å². The molecule has 0 radical (unpaired) electrons. The number of likely N-dealkylation sites (N-methyl/N-ethyl adjacent to an activating group) is 1. The zero-order valence-electron chi connectivity index (χ0n) is 16.9. The summed E-state index contributed by atoms with van der Waals surface area (Å²) in [6, 6.07) is 2.78. The Bertz CT molecular complexity index is 721. The van der Waals surface area contributed by atoms with Gasteiger partial charge in [0, 0.05) is 44.2 Å². The normalized spacial score (nSPS) is 22.1. The molecule has 0 amide bonds. The largest absolute Gasteiger partial charge is 0.416 e. The molecule has 0 unspecified atom stereocenters. The van der Waals surface area contributed by atoms with Crippen LogP contribution in [-0.4, -0.2) is 59.2 Å². The van der Waals surface area contributed by atoms with Crippen molar-refractivity contribution in [3.63, 3.8) is 0 Å². The number of alkyl halides is 3. The molecular formula is C20H28F3N3O3. The smallest absolute Gasteiger partial charge is 0.370 e.